The van der Waals surface area contributed by atoms with E-state index in [1.165, 1.54) is 0 Å². The highest BCUT2D eigenvalue weighted by molar-refractivity contribution is 6.01. The van der Waals surface area contributed by atoms with Gasteiger partial charge in [-0.05, 0) is 31.9 Å². The van der Waals surface area contributed by atoms with Gasteiger partial charge in [0.2, 0.25) is 11.8 Å². The zero-order chi connectivity index (χ0) is 14.8. The second-order valence-corrected chi connectivity index (χ2v) is 5.42. The normalized spacial score (nSPS) is 22.2. The van der Waals surface area contributed by atoms with E-state index >= 15 is 0 Å². The van der Waals surface area contributed by atoms with Crippen molar-refractivity contribution in [3.05, 3.63) is 24.3 Å². The Balaban J connectivity index is 1.88. The molecular weight excluding hydrogens is 268 g/mol. The SMILES string of the molecule is CCOc1cccc(N2CCC(=O)N3CCCC3C2=O)c1. The lowest BCUT2D eigenvalue weighted by molar-refractivity contribution is -0.135. The molecule has 0 saturated carbocycles. The number of amides is 2. The predicted molar refractivity (Wildman–Crippen MR) is 79.3 cm³/mol. The number of ether oxygens (including phenoxy) is 1. The Hall–Kier alpha value is -2.04. The fourth-order valence-electron chi connectivity index (χ4n) is 3.13. The number of carbonyl (C=O) groups is 2. The molecule has 2 amide bonds. The van der Waals surface area contributed by atoms with Gasteiger partial charge >= 0.3 is 0 Å². The van der Waals surface area contributed by atoms with Gasteiger partial charge in [-0.25, -0.2) is 0 Å². The van der Waals surface area contributed by atoms with Gasteiger partial charge in [-0.2, -0.15) is 0 Å². The third-order valence-electron chi connectivity index (χ3n) is 4.11. The summed E-state index contributed by atoms with van der Waals surface area (Å²) in [5.74, 6) is 0.878. The molecule has 0 aliphatic carbocycles. The van der Waals surface area contributed by atoms with Crippen LogP contribution in [0.5, 0.6) is 5.75 Å². The van der Waals surface area contributed by atoms with Gasteiger partial charge in [0.1, 0.15) is 11.8 Å². The average molecular weight is 288 g/mol. The quantitative estimate of drug-likeness (QED) is 0.852. The zero-order valence-corrected chi connectivity index (χ0v) is 12.2. The molecule has 1 aromatic rings. The van der Waals surface area contributed by atoms with Crippen molar-refractivity contribution >= 4 is 17.5 Å². The summed E-state index contributed by atoms with van der Waals surface area (Å²) >= 11 is 0. The van der Waals surface area contributed by atoms with Crippen LogP contribution in [0.2, 0.25) is 0 Å². The predicted octanol–water partition coefficient (Wildman–Crippen LogP) is 1.81. The van der Waals surface area contributed by atoms with E-state index in [4.69, 9.17) is 4.74 Å². The minimum Gasteiger partial charge on any atom is -0.494 e. The fraction of sp³-hybridized carbons (Fsp3) is 0.500. The van der Waals surface area contributed by atoms with Crippen molar-refractivity contribution in [2.45, 2.75) is 32.2 Å². The number of fused-ring (bicyclic) bond motifs is 1. The molecule has 2 fully saturated rings. The first-order valence-corrected chi connectivity index (χ1v) is 7.54. The van der Waals surface area contributed by atoms with Crippen LogP contribution in [0, 0.1) is 0 Å². The standard InChI is InChI=1S/C16H20N2O3/c1-2-21-13-6-3-5-12(11-13)17-10-8-15(19)18-9-4-7-14(18)16(17)20/h3,5-6,11,14H,2,4,7-10H2,1H3. The molecule has 2 aliphatic heterocycles. The Bertz CT molecular complexity index is 558. The smallest absolute Gasteiger partial charge is 0.249 e. The largest absolute Gasteiger partial charge is 0.494 e. The van der Waals surface area contributed by atoms with Gasteiger partial charge in [0.05, 0.1) is 6.61 Å². The highest BCUT2D eigenvalue weighted by atomic mass is 16.5. The molecule has 3 rings (SSSR count). The molecule has 21 heavy (non-hydrogen) atoms. The van der Waals surface area contributed by atoms with Crippen molar-refractivity contribution in [1.82, 2.24) is 4.90 Å². The summed E-state index contributed by atoms with van der Waals surface area (Å²) in [5, 5.41) is 0. The molecule has 1 atom stereocenters. The third-order valence-corrected chi connectivity index (χ3v) is 4.11. The molecular formula is C16H20N2O3. The van der Waals surface area contributed by atoms with Gasteiger partial charge in [0, 0.05) is 31.3 Å². The maximum atomic E-state index is 12.7. The van der Waals surface area contributed by atoms with Gasteiger partial charge in [-0.3, -0.25) is 9.59 Å². The van der Waals surface area contributed by atoms with Gasteiger partial charge in [-0.1, -0.05) is 6.07 Å². The van der Waals surface area contributed by atoms with Crippen LogP contribution in [0.15, 0.2) is 24.3 Å². The van der Waals surface area contributed by atoms with Crippen molar-refractivity contribution in [3.63, 3.8) is 0 Å². The van der Waals surface area contributed by atoms with Crippen LogP contribution in [0.3, 0.4) is 0 Å². The molecule has 0 bridgehead atoms. The van der Waals surface area contributed by atoms with E-state index in [0.29, 0.717) is 26.1 Å². The van der Waals surface area contributed by atoms with Crippen LogP contribution in [-0.4, -0.2) is 42.5 Å². The molecule has 5 nitrogen and oxygen atoms in total. The number of hydrogen-bond acceptors (Lipinski definition) is 3. The monoisotopic (exact) mass is 288 g/mol. The van der Waals surface area contributed by atoms with E-state index < -0.39 is 0 Å². The van der Waals surface area contributed by atoms with Crippen LogP contribution < -0.4 is 9.64 Å². The summed E-state index contributed by atoms with van der Waals surface area (Å²) in [7, 11) is 0. The first-order chi connectivity index (χ1) is 10.2. The topological polar surface area (TPSA) is 49.9 Å². The van der Waals surface area contributed by atoms with E-state index in [9.17, 15) is 9.59 Å². The zero-order valence-electron chi connectivity index (χ0n) is 12.2. The summed E-state index contributed by atoms with van der Waals surface area (Å²) in [6.07, 6.45) is 2.07. The molecule has 1 aromatic carbocycles. The van der Waals surface area contributed by atoms with E-state index in [1.54, 1.807) is 9.80 Å². The highest BCUT2D eigenvalue weighted by Gasteiger charge is 2.39. The van der Waals surface area contributed by atoms with Crippen LogP contribution in [0.25, 0.3) is 0 Å². The lowest BCUT2D eigenvalue weighted by atomic mass is 10.2. The molecule has 2 heterocycles. The molecule has 0 N–H and O–H groups in total. The van der Waals surface area contributed by atoms with E-state index in [2.05, 4.69) is 0 Å². The van der Waals surface area contributed by atoms with Crippen LogP contribution in [-0.2, 0) is 9.59 Å². The number of hydrogen-bond donors (Lipinski definition) is 0. The number of nitrogens with zero attached hydrogens (tertiary/aromatic N) is 2. The average Bonchev–Trinajstić information content (AvgIpc) is 2.93. The maximum absolute atomic E-state index is 12.7. The number of carbonyl (C=O) groups excluding carboxylic acids is 2. The number of rotatable bonds is 3. The van der Waals surface area contributed by atoms with Crippen molar-refractivity contribution in [2.75, 3.05) is 24.6 Å². The Morgan fingerprint density at radius 2 is 2.14 bits per heavy atom. The molecule has 2 aliphatic rings. The minimum absolute atomic E-state index is 0.0343. The summed E-state index contributed by atoms with van der Waals surface area (Å²) in [5.41, 5.74) is 0.813. The number of anilines is 1. The maximum Gasteiger partial charge on any atom is 0.249 e. The molecule has 0 aromatic heterocycles. The van der Waals surface area contributed by atoms with E-state index in [0.717, 1.165) is 24.3 Å². The van der Waals surface area contributed by atoms with Crippen molar-refractivity contribution in [1.29, 1.82) is 0 Å². The molecule has 1 unspecified atom stereocenters. The molecule has 2 saturated heterocycles. The van der Waals surface area contributed by atoms with Gasteiger partial charge in [-0.15, -0.1) is 0 Å². The first kappa shape index (κ1) is 13.9. The second-order valence-electron chi connectivity index (χ2n) is 5.42. The van der Waals surface area contributed by atoms with E-state index in [-0.39, 0.29) is 17.9 Å². The van der Waals surface area contributed by atoms with Gasteiger partial charge in [0.15, 0.2) is 0 Å². The number of benzene rings is 1. The Morgan fingerprint density at radius 3 is 2.95 bits per heavy atom. The fourth-order valence-corrected chi connectivity index (χ4v) is 3.13. The van der Waals surface area contributed by atoms with Crippen molar-refractivity contribution < 1.29 is 14.3 Å². The lowest BCUT2D eigenvalue weighted by Gasteiger charge is -2.25. The Labute approximate surface area is 124 Å². The highest BCUT2D eigenvalue weighted by Crippen LogP contribution is 2.28. The van der Waals surface area contributed by atoms with Crippen molar-refractivity contribution in [3.8, 4) is 5.75 Å². The molecule has 0 radical (unpaired) electrons. The summed E-state index contributed by atoms with van der Waals surface area (Å²) < 4.78 is 5.50. The van der Waals surface area contributed by atoms with Gasteiger partial charge < -0.3 is 14.5 Å². The summed E-state index contributed by atoms with van der Waals surface area (Å²) in [4.78, 5) is 28.3. The van der Waals surface area contributed by atoms with E-state index in [1.807, 2.05) is 31.2 Å². The summed E-state index contributed by atoms with van der Waals surface area (Å²) in [6.45, 7) is 3.67. The first-order valence-electron chi connectivity index (χ1n) is 7.54. The van der Waals surface area contributed by atoms with Crippen LogP contribution in [0.1, 0.15) is 26.2 Å². The molecule has 112 valence electrons. The van der Waals surface area contributed by atoms with Gasteiger partial charge in [0.25, 0.3) is 0 Å². The van der Waals surface area contributed by atoms with Crippen molar-refractivity contribution in [2.24, 2.45) is 0 Å². The Morgan fingerprint density at radius 1 is 1.29 bits per heavy atom. The molecule has 5 heteroatoms. The lowest BCUT2D eigenvalue weighted by Crippen LogP contribution is -2.43. The second kappa shape index (κ2) is 5.76. The summed E-state index contributed by atoms with van der Waals surface area (Å²) in [6, 6.07) is 7.25. The van der Waals surface area contributed by atoms with Crippen LogP contribution >= 0.6 is 0 Å². The minimum atomic E-state index is -0.282. The Kier molecular flexibility index (Phi) is 3.82. The van der Waals surface area contributed by atoms with Crippen LogP contribution in [0.4, 0.5) is 5.69 Å². The molecule has 0 spiro atoms. The third kappa shape index (κ3) is 2.60.